The molecule has 3 aliphatic heterocycles. The molecule has 0 spiro atoms. The number of esters is 1. The first-order valence-corrected chi connectivity index (χ1v) is 10.1. The number of rotatable bonds is 6. The normalized spacial score (nSPS) is 22.3. The van der Waals surface area contributed by atoms with Crippen molar-refractivity contribution < 1.29 is 23.9 Å². The van der Waals surface area contributed by atoms with Gasteiger partial charge in [0.2, 0.25) is 5.96 Å². The number of amides is 3. The molecule has 2 atom stereocenters. The van der Waals surface area contributed by atoms with Crippen molar-refractivity contribution in [3.63, 3.8) is 0 Å². The molecule has 3 aliphatic rings. The Morgan fingerprint density at radius 2 is 2.03 bits per heavy atom. The minimum atomic E-state index is -0.689. The number of allylic oxidation sites excluding steroid dienone is 1. The lowest BCUT2D eigenvalue weighted by atomic mass is 10.1. The van der Waals surface area contributed by atoms with Gasteiger partial charge in [-0.05, 0) is 26.0 Å². The number of methoxy groups -OCH3 is 1. The second kappa shape index (κ2) is 7.93. The van der Waals surface area contributed by atoms with Gasteiger partial charge in [0.1, 0.15) is 5.75 Å². The molecule has 4 rings (SSSR count). The average Bonchev–Trinajstić information content (AvgIpc) is 3.26. The summed E-state index contributed by atoms with van der Waals surface area (Å²) in [6, 6.07) is 6.37. The molecular formula is C21H25N5O5. The van der Waals surface area contributed by atoms with E-state index in [0.29, 0.717) is 11.7 Å². The maximum absolute atomic E-state index is 13.3. The van der Waals surface area contributed by atoms with Gasteiger partial charge in [0.05, 0.1) is 25.8 Å². The zero-order chi connectivity index (χ0) is 22.3. The van der Waals surface area contributed by atoms with Crippen molar-refractivity contribution in [2.24, 2.45) is 4.99 Å². The lowest BCUT2D eigenvalue weighted by molar-refractivity contribution is -0.144. The Balaban J connectivity index is 1.61. The molecule has 0 radical (unpaired) electrons. The molecule has 0 bridgehead atoms. The monoisotopic (exact) mass is 427 g/mol. The third kappa shape index (κ3) is 3.37. The topological polar surface area (TPSA) is 95.0 Å². The number of hydrogen-bond donors (Lipinski definition) is 0. The summed E-state index contributed by atoms with van der Waals surface area (Å²) in [6.07, 6.45) is 1.16. The largest absolute Gasteiger partial charge is 0.497 e. The molecule has 3 amide bonds. The minimum absolute atomic E-state index is 0.0322. The van der Waals surface area contributed by atoms with Crippen molar-refractivity contribution in [1.29, 1.82) is 0 Å². The Hall–Kier alpha value is -3.56. The molecule has 31 heavy (non-hydrogen) atoms. The summed E-state index contributed by atoms with van der Waals surface area (Å²) in [6.45, 7) is 3.85. The van der Waals surface area contributed by atoms with Gasteiger partial charge in [-0.25, -0.2) is 9.79 Å². The number of likely N-dealkylation sites (N-methyl/N-ethyl adjacent to an activating group) is 1. The van der Waals surface area contributed by atoms with Crippen LogP contribution in [-0.4, -0.2) is 78.1 Å². The number of urea groups is 1. The van der Waals surface area contributed by atoms with E-state index < -0.39 is 24.2 Å². The van der Waals surface area contributed by atoms with Crippen LogP contribution in [0.25, 0.3) is 0 Å². The average molecular weight is 427 g/mol. The lowest BCUT2D eigenvalue weighted by Crippen LogP contribution is -2.64. The van der Waals surface area contributed by atoms with Gasteiger partial charge in [-0.2, -0.15) is 0 Å². The predicted molar refractivity (Wildman–Crippen MR) is 112 cm³/mol. The van der Waals surface area contributed by atoms with E-state index in [-0.39, 0.29) is 25.5 Å². The van der Waals surface area contributed by atoms with Gasteiger partial charge in [0.15, 0.2) is 12.2 Å². The quantitative estimate of drug-likeness (QED) is 0.636. The fourth-order valence-electron chi connectivity index (χ4n) is 4.06. The van der Waals surface area contributed by atoms with Crippen LogP contribution in [0.5, 0.6) is 5.75 Å². The number of imide groups is 1. The first-order valence-electron chi connectivity index (χ1n) is 10.1. The van der Waals surface area contributed by atoms with E-state index in [1.807, 2.05) is 42.3 Å². The van der Waals surface area contributed by atoms with Crippen LogP contribution in [-0.2, 0) is 14.3 Å². The molecule has 0 saturated carbocycles. The number of aliphatic imine (C=N–C) groups is 1. The van der Waals surface area contributed by atoms with Crippen molar-refractivity contribution in [1.82, 2.24) is 14.7 Å². The van der Waals surface area contributed by atoms with Crippen molar-refractivity contribution in [2.45, 2.75) is 32.5 Å². The molecule has 0 N–H and O–H groups in total. The zero-order valence-electron chi connectivity index (χ0n) is 17.9. The molecule has 1 fully saturated rings. The van der Waals surface area contributed by atoms with E-state index >= 15 is 0 Å². The number of anilines is 1. The molecule has 1 aromatic rings. The van der Waals surface area contributed by atoms with Crippen LogP contribution in [0.3, 0.4) is 0 Å². The summed E-state index contributed by atoms with van der Waals surface area (Å²) in [5, 5.41) is 0. The molecule has 0 aromatic heterocycles. The fraction of sp³-hybridized carbons (Fsp3) is 0.429. The van der Waals surface area contributed by atoms with Gasteiger partial charge >= 0.3 is 12.0 Å². The molecule has 1 saturated heterocycles. The SMILES string of the molecule is CCOC(=O)CCN1C(=O)C2C(N=C3N(c4cccc(OC)c4)C(C)=CN32)N(C)C1=O. The number of benzene rings is 1. The lowest BCUT2D eigenvalue weighted by Gasteiger charge is -2.40. The highest BCUT2D eigenvalue weighted by Gasteiger charge is 2.54. The van der Waals surface area contributed by atoms with Gasteiger partial charge in [0, 0.05) is 31.6 Å². The number of carbonyl (C=O) groups excluding carboxylic acids is 3. The number of nitrogens with zero attached hydrogens (tertiary/aromatic N) is 5. The van der Waals surface area contributed by atoms with E-state index in [4.69, 9.17) is 14.5 Å². The van der Waals surface area contributed by atoms with Gasteiger partial charge in [-0.1, -0.05) is 6.07 Å². The fourth-order valence-corrected chi connectivity index (χ4v) is 4.06. The Bertz CT molecular complexity index is 990. The Labute approximate surface area is 180 Å². The summed E-state index contributed by atoms with van der Waals surface area (Å²) >= 11 is 0. The maximum Gasteiger partial charge on any atom is 0.328 e. The van der Waals surface area contributed by atoms with Crippen LogP contribution in [0.15, 0.2) is 41.2 Å². The van der Waals surface area contributed by atoms with E-state index in [9.17, 15) is 14.4 Å². The highest BCUT2D eigenvalue weighted by atomic mass is 16.5. The van der Waals surface area contributed by atoms with Gasteiger partial charge in [-0.3, -0.25) is 19.4 Å². The predicted octanol–water partition coefficient (Wildman–Crippen LogP) is 1.59. The summed E-state index contributed by atoms with van der Waals surface area (Å²) in [5.74, 6) is 0.444. The maximum atomic E-state index is 13.3. The molecule has 10 nitrogen and oxygen atoms in total. The Morgan fingerprint density at radius 3 is 2.74 bits per heavy atom. The van der Waals surface area contributed by atoms with Gasteiger partial charge in [0.25, 0.3) is 5.91 Å². The van der Waals surface area contributed by atoms with Crippen molar-refractivity contribution in [3.05, 3.63) is 36.2 Å². The highest BCUT2D eigenvalue weighted by molar-refractivity contribution is 6.10. The van der Waals surface area contributed by atoms with Crippen LogP contribution in [0.1, 0.15) is 20.3 Å². The summed E-state index contributed by atoms with van der Waals surface area (Å²) < 4.78 is 10.3. The summed E-state index contributed by atoms with van der Waals surface area (Å²) in [7, 11) is 3.21. The van der Waals surface area contributed by atoms with Gasteiger partial charge < -0.3 is 19.3 Å². The Morgan fingerprint density at radius 1 is 1.26 bits per heavy atom. The van der Waals surface area contributed by atoms with Crippen molar-refractivity contribution in [2.75, 3.05) is 32.2 Å². The van der Waals surface area contributed by atoms with E-state index in [1.165, 1.54) is 4.90 Å². The first-order chi connectivity index (χ1) is 14.9. The molecule has 0 aliphatic carbocycles. The number of carbonyl (C=O) groups is 3. The van der Waals surface area contributed by atoms with Gasteiger partial charge in [-0.15, -0.1) is 0 Å². The second-order valence-electron chi connectivity index (χ2n) is 7.44. The smallest absolute Gasteiger partial charge is 0.328 e. The van der Waals surface area contributed by atoms with Crippen LogP contribution in [0.2, 0.25) is 0 Å². The third-order valence-electron chi connectivity index (χ3n) is 5.54. The van der Waals surface area contributed by atoms with Crippen LogP contribution >= 0.6 is 0 Å². The zero-order valence-corrected chi connectivity index (χ0v) is 17.9. The van der Waals surface area contributed by atoms with E-state index in [0.717, 1.165) is 16.3 Å². The van der Waals surface area contributed by atoms with Crippen LogP contribution < -0.4 is 9.64 Å². The number of guanidine groups is 1. The molecular weight excluding hydrogens is 402 g/mol. The highest BCUT2D eigenvalue weighted by Crippen LogP contribution is 2.37. The van der Waals surface area contributed by atoms with Crippen LogP contribution in [0.4, 0.5) is 10.5 Å². The van der Waals surface area contributed by atoms with Crippen molar-refractivity contribution in [3.8, 4) is 5.75 Å². The number of hydrogen-bond acceptors (Lipinski definition) is 8. The van der Waals surface area contributed by atoms with Crippen LogP contribution in [0, 0.1) is 0 Å². The van der Waals surface area contributed by atoms with E-state index in [1.54, 1.807) is 26.0 Å². The molecule has 1 aromatic carbocycles. The Kier molecular flexibility index (Phi) is 5.30. The second-order valence-corrected chi connectivity index (χ2v) is 7.44. The van der Waals surface area contributed by atoms with E-state index in [2.05, 4.69) is 0 Å². The summed E-state index contributed by atoms with van der Waals surface area (Å²) in [5.41, 5.74) is 1.73. The number of ether oxygens (including phenoxy) is 2. The molecule has 2 unspecified atom stereocenters. The standard InChI is InChI=1S/C21H25N5O5/c1-5-31-16(27)9-10-24-19(28)17-18(23(3)21(24)29)22-20-25(17)12-13(2)26(20)14-7-6-8-15(11-14)30-4/h6-8,11-12,17-18H,5,9-10H2,1-4H3. The molecule has 3 heterocycles. The summed E-state index contributed by atoms with van der Waals surface area (Å²) in [4.78, 5) is 48.8. The first kappa shape index (κ1) is 20.7. The minimum Gasteiger partial charge on any atom is -0.497 e. The third-order valence-corrected chi connectivity index (χ3v) is 5.54. The number of fused-ring (bicyclic) bond motifs is 3. The molecule has 164 valence electrons. The molecule has 10 heteroatoms. The van der Waals surface area contributed by atoms with Crippen molar-refractivity contribution >= 4 is 29.6 Å².